The van der Waals surface area contributed by atoms with E-state index in [0.717, 1.165) is 27.9 Å². The first-order valence-electron chi connectivity index (χ1n) is 6.06. The molecule has 0 fully saturated rings. The van der Waals surface area contributed by atoms with Gasteiger partial charge in [-0.3, -0.25) is 4.98 Å². The molecule has 1 N–H and O–H groups in total. The minimum Gasteiger partial charge on any atom is -0.378 e. The van der Waals surface area contributed by atoms with Gasteiger partial charge in [0.15, 0.2) is 0 Å². The molecule has 0 aliphatic heterocycles. The number of aryl methyl sites for hydroxylation is 1. The van der Waals surface area contributed by atoms with Gasteiger partial charge >= 0.3 is 0 Å². The molecule has 0 bridgehead atoms. The van der Waals surface area contributed by atoms with Crippen molar-refractivity contribution in [1.82, 2.24) is 4.98 Å². The summed E-state index contributed by atoms with van der Waals surface area (Å²) in [5, 5.41) is 6.73. The Morgan fingerprint density at radius 2 is 2.11 bits per heavy atom. The van der Waals surface area contributed by atoms with Crippen LogP contribution in [0.2, 0.25) is 0 Å². The number of para-hydroxylation sites is 1. The van der Waals surface area contributed by atoms with Crippen molar-refractivity contribution < 1.29 is 0 Å². The Morgan fingerprint density at radius 1 is 1.21 bits per heavy atom. The molecule has 0 aliphatic carbocycles. The third-order valence-corrected chi connectivity index (χ3v) is 4.92. The second kappa shape index (κ2) is 5.31. The lowest BCUT2D eigenvalue weighted by molar-refractivity contribution is 1.18. The topological polar surface area (TPSA) is 24.9 Å². The summed E-state index contributed by atoms with van der Waals surface area (Å²) in [5.41, 5.74) is 3.16. The highest BCUT2D eigenvalue weighted by Crippen LogP contribution is 2.26. The molecule has 3 aromatic rings. The summed E-state index contributed by atoms with van der Waals surface area (Å²) in [7, 11) is 0. The largest absolute Gasteiger partial charge is 0.378 e. The number of anilines is 1. The third kappa shape index (κ3) is 2.65. The lowest BCUT2D eigenvalue weighted by atomic mass is 10.1. The van der Waals surface area contributed by atoms with Crippen molar-refractivity contribution in [2.75, 3.05) is 5.32 Å². The molecule has 96 valence electrons. The summed E-state index contributed by atoms with van der Waals surface area (Å²) >= 11 is 5.30. The van der Waals surface area contributed by atoms with Gasteiger partial charge in [0, 0.05) is 20.4 Å². The molecule has 4 heteroatoms. The summed E-state index contributed by atoms with van der Waals surface area (Å²) in [6, 6.07) is 12.5. The zero-order chi connectivity index (χ0) is 13.2. The van der Waals surface area contributed by atoms with E-state index >= 15 is 0 Å². The first-order chi connectivity index (χ1) is 9.24. The molecule has 3 rings (SSSR count). The van der Waals surface area contributed by atoms with Crippen LogP contribution in [0, 0.1) is 6.92 Å². The fourth-order valence-corrected chi connectivity index (χ4v) is 3.45. The van der Waals surface area contributed by atoms with Crippen LogP contribution < -0.4 is 5.32 Å². The van der Waals surface area contributed by atoms with Crippen molar-refractivity contribution in [2.45, 2.75) is 13.5 Å². The van der Waals surface area contributed by atoms with Crippen molar-refractivity contribution in [2.24, 2.45) is 0 Å². The molecule has 2 nitrogen and oxygen atoms in total. The van der Waals surface area contributed by atoms with Crippen LogP contribution in [0.1, 0.15) is 10.6 Å². The normalized spacial score (nSPS) is 10.8. The molecule has 0 spiro atoms. The van der Waals surface area contributed by atoms with Crippen molar-refractivity contribution in [3.8, 4) is 0 Å². The van der Waals surface area contributed by atoms with E-state index in [1.54, 1.807) is 11.3 Å². The maximum Gasteiger partial charge on any atom is 0.0936 e. The number of hydrogen-bond acceptors (Lipinski definition) is 3. The Hall–Kier alpha value is -1.39. The number of nitrogens with zero attached hydrogens (tertiary/aromatic N) is 1. The van der Waals surface area contributed by atoms with E-state index in [9.17, 15) is 0 Å². The van der Waals surface area contributed by atoms with E-state index in [1.807, 2.05) is 13.0 Å². The second-order valence-corrected chi connectivity index (χ2v) is 6.23. The summed E-state index contributed by atoms with van der Waals surface area (Å²) in [6.45, 7) is 2.83. The van der Waals surface area contributed by atoms with E-state index < -0.39 is 0 Å². The number of benzene rings is 1. The molecule has 0 saturated carbocycles. The lowest BCUT2D eigenvalue weighted by Crippen LogP contribution is -1.99. The van der Waals surface area contributed by atoms with Crippen molar-refractivity contribution in [1.29, 1.82) is 0 Å². The van der Waals surface area contributed by atoms with Crippen molar-refractivity contribution >= 4 is 43.9 Å². The van der Waals surface area contributed by atoms with Gasteiger partial charge in [0.25, 0.3) is 0 Å². The van der Waals surface area contributed by atoms with Gasteiger partial charge in [-0.05, 0) is 46.4 Å². The molecule has 0 aliphatic rings. The fourth-order valence-electron chi connectivity index (χ4n) is 2.01. The Labute approximate surface area is 124 Å². The van der Waals surface area contributed by atoms with Gasteiger partial charge in [0.05, 0.1) is 17.7 Å². The quantitative estimate of drug-likeness (QED) is 0.731. The van der Waals surface area contributed by atoms with E-state index in [1.165, 1.54) is 10.3 Å². The number of aromatic nitrogens is 1. The molecule has 0 unspecified atom stereocenters. The molecule has 0 amide bonds. The second-order valence-electron chi connectivity index (χ2n) is 4.38. The maximum absolute atomic E-state index is 4.63. The molecule has 0 radical (unpaired) electrons. The van der Waals surface area contributed by atoms with Gasteiger partial charge in [-0.25, -0.2) is 0 Å². The van der Waals surface area contributed by atoms with Gasteiger partial charge in [0.1, 0.15) is 0 Å². The van der Waals surface area contributed by atoms with Crippen LogP contribution in [0.4, 0.5) is 5.69 Å². The van der Waals surface area contributed by atoms with Crippen LogP contribution in [-0.4, -0.2) is 4.98 Å². The first-order valence-corrected chi connectivity index (χ1v) is 7.73. The Bertz CT molecular complexity index is 721. The average molecular weight is 333 g/mol. The predicted octanol–water partition coefficient (Wildman–Crippen LogP) is 4.98. The van der Waals surface area contributed by atoms with Crippen LogP contribution >= 0.6 is 27.3 Å². The first kappa shape index (κ1) is 12.6. The average Bonchev–Trinajstić information content (AvgIpc) is 2.82. The van der Waals surface area contributed by atoms with Gasteiger partial charge in [-0.2, -0.15) is 0 Å². The lowest BCUT2D eigenvalue weighted by Gasteiger charge is -2.09. The number of fused-ring (bicyclic) bond motifs is 1. The molecular formula is C15H13BrN2S. The van der Waals surface area contributed by atoms with Crippen LogP contribution in [0.25, 0.3) is 10.9 Å². The van der Waals surface area contributed by atoms with E-state index in [-0.39, 0.29) is 0 Å². The maximum atomic E-state index is 4.63. The molecule has 1 aromatic carbocycles. The van der Waals surface area contributed by atoms with Crippen LogP contribution in [-0.2, 0) is 6.54 Å². The zero-order valence-electron chi connectivity index (χ0n) is 10.5. The van der Waals surface area contributed by atoms with Gasteiger partial charge in [0.2, 0.25) is 0 Å². The Balaban J connectivity index is 1.92. The molecule has 2 heterocycles. The number of rotatable bonds is 3. The minimum atomic E-state index is 0.812. The molecular weight excluding hydrogens is 320 g/mol. The summed E-state index contributed by atoms with van der Waals surface area (Å²) < 4.78 is 1.16. The summed E-state index contributed by atoms with van der Waals surface area (Å²) in [6.07, 6.45) is 0. The predicted molar refractivity (Wildman–Crippen MR) is 85.8 cm³/mol. The van der Waals surface area contributed by atoms with Crippen molar-refractivity contribution in [3.05, 3.63) is 56.8 Å². The Kier molecular flexibility index (Phi) is 3.53. The van der Waals surface area contributed by atoms with Crippen LogP contribution in [0.15, 0.2) is 46.3 Å². The third-order valence-electron chi connectivity index (χ3n) is 2.99. The molecule has 19 heavy (non-hydrogen) atoms. The van der Waals surface area contributed by atoms with Crippen molar-refractivity contribution in [3.63, 3.8) is 0 Å². The smallest absolute Gasteiger partial charge is 0.0936 e. The number of pyridine rings is 1. The standard InChI is InChI=1S/C15H13BrN2S/c1-10-5-6-11-3-2-4-13(15(11)18-10)17-9-14-12(16)7-8-19-14/h2-8,17H,9H2,1H3. The Morgan fingerprint density at radius 3 is 2.89 bits per heavy atom. The summed E-state index contributed by atoms with van der Waals surface area (Å²) in [5.74, 6) is 0. The number of hydrogen-bond donors (Lipinski definition) is 1. The summed E-state index contributed by atoms with van der Waals surface area (Å²) in [4.78, 5) is 5.92. The highest BCUT2D eigenvalue weighted by atomic mass is 79.9. The zero-order valence-corrected chi connectivity index (χ0v) is 12.9. The van der Waals surface area contributed by atoms with E-state index in [0.29, 0.717) is 0 Å². The number of thiophene rings is 1. The minimum absolute atomic E-state index is 0.812. The SMILES string of the molecule is Cc1ccc2cccc(NCc3sccc3Br)c2n1. The van der Waals surface area contributed by atoms with E-state index in [2.05, 4.69) is 61.9 Å². The molecule has 2 aromatic heterocycles. The van der Waals surface area contributed by atoms with Crippen LogP contribution in [0.3, 0.4) is 0 Å². The van der Waals surface area contributed by atoms with Gasteiger partial charge < -0.3 is 5.32 Å². The van der Waals surface area contributed by atoms with Gasteiger partial charge in [-0.15, -0.1) is 11.3 Å². The highest BCUT2D eigenvalue weighted by Gasteiger charge is 2.05. The van der Waals surface area contributed by atoms with Crippen LogP contribution in [0.5, 0.6) is 0 Å². The fraction of sp³-hybridized carbons (Fsp3) is 0.133. The molecule has 0 atom stereocenters. The number of halogens is 1. The molecule has 0 saturated heterocycles. The van der Waals surface area contributed by atoms with E-state index in [4.69, 9.17) is 0 Å². The monoisotopic (exact) mass is 332 g/mol. The van der Waals surface area contributed by atoms with Gasteiger partial charge in [-0.1, -0.05) is 18.2 Å². The highest BCUT2D eigenvalue weighted by molar-refractivity contribution is 9.10. The number of nitrogens with one attached hydrogen (secondary N) is 1.